The molecule has 3 rings (SSSR count). The minimum atomic E-state index is -0.606. The molecule has 3 N–H and O–H groups in total. The first-order valence-corrected chi connectivity index (χ1v) is 12.2. The van der Waals surface area contributed by atoms with Crippen molar-refractivity contribution in [3.05, 3.63) is 81.3 Å². The minimum Gasteiger partial charge on any atom is -0.508 e. The summed E-state index contributed by atoms with van der Waals surface area (Å²) in [6.07, 6.45) is 1.42. The van der Waals surface area contributed by atoms with Gasteiger partial charge in [0.25, 0.3) is 11.8 Å². The number of rotatable bonds is 9. The van der Waals surface area contributed by atoms with E-state index in [9.17, 15) is 20.0 Å². The summed E-state index contributed by atoms with van der Waals surface area (Å²) in [5.41, 5.74) is 3.57. The van der Waals surface area contributed by atoms with Gasteiger partial charge in [-0.15, -0.1) is 0 Å². The number of phenols is 1. The third kappa shape index (κ3) is 7.35. The Labute approximate surface area is 223 Å². The number of halogens is 1. The van der Waals surface area contributed by atoms with Gasteiger partial charge >= 0.3 is 0 Å². The monoisotopic (exact) mass is 563 g/mol. The predicted octanol–water partition coefficient (Wildman–Crippen LogP) is 5.73. The van der Waals surface area contributed by atoms with Crippen molar-refractivity contribution in [1.29, 1.82) is 5.26 Å². The number of hydrogen-bond donors (Lipinski definition) is 3. The fraction of sp³-hybridized carbons (Fsp3) is 0.179. The molecule has 0 spiro atoms. The van der Waals surface area contributed by atoms with Gasteiger partial charge in [-0.05, 0) is 102 Å². The van der Waals surface area contributed by atoms with E-state index in [-0.39, 0.29) is 23.8 Å². The van der Waals surface area contributed by atoms with Crippen molar-refractivity contribution in [3.63, 3.8) is 0 Å². The molecular formula is C28H26BrN3O5. The molecule has 0 atom stereocenters. The lowest BCUT2D eigenvalue weighted by atomic mass is 10.1. The van der Waals surface area contributed by atoms with Crippen molar-refractivity contribution in [2.75, 3.05) is 23.8 Å². The lowest BCUT2D eigenvalue weighted by molar-refractivity contribution is -0.118. The van der Waals surface area contributed by atoms with Gasteiger partial charge in [0.15, 0.2) is 18.1 Å². The summed E-state index contributed by atoms with van der Waals surface area (Å²) in [7, 11) is 0. The standard InChI is InChI=1S/C28H26BrN3O5/c1-4-36-25-14-19(12-20(15-30)28(35)31-21-8-10-22(33)11-9-21)13-23(29)27(25)37-16-26(34)32-24-7-5-6-17(2)18(24)3/h5-14,33H,4,16H2,1-3H3,(H,31,35)(H,32,34)/b20-12+. The van der Waals surface area contributed by atoms with Gasteiger partial charge in [0.05, 0.1) is 11.1 Å². The highest BCUT2D eigenvalue weighted by molar-refractivity contribution is 9.10. The van der Waals surface area contributed by atoms with Crippen LogP contribution in [0.5, 0.6) is 17.2 Å². The van der Waals surface area contributed by atoms with Crippen LogP contribution in [0.1, 0.15) is 23.6 Å². The SMILES string of the molecule is CCOc1cc(/C=C(\C#N)C(=O)Nc2ccc(O)cc2)cc(Br)c1OCC(=O)Nc1cccc(C)c1C. The third-order valence-corrected chi connectivity index (χ3v) is 5.95. The van der Waals surface area contributed by atoms with Crippen molar-refractivity contribution < 1.29 is 24.2 Å². The first-order valence-electron chi connectivity index (χ1n) is 11.4. The van der Waals surface area contributed by atoms with E-state index >= 15 is 0 Å². The summed E-state index contributed by atoms with van der Waals surface area (Å²) in [4.78, 5) is 25.1. The maximum absolute atomic E-state index is 12.6. The van der Waals surface area contributed by atoms with Crippen LogP contribution in [0.2, 0.25) is 0 Å². The molecule has 9 heteroatoms. The topological polar surface area (TPSA) is 121 Å². The van der Waals surface area contributed by atoms with Crippen LogP contribution in [0, 0.1) is 25.2 Å². The summed E-state index contributed by atoms with van der Waals surface area (Å²) in [5, 5.41) is 24.4. The van der Waals surface area contributed by atoms with E-state index in [4.69, 9.17) is 9.47 Å². The van der Waals surface area contributed by atoms with E-state index in [0.29, 0.717) is 39.5 Å². The maximum Gasteiger partial charge on any atom is 0.266 e. The number of aromatic hydroxyl groups is 1. The second kappa shape index (κ2) is 12.6. The Balaban J connectivity index is 1.77. The molecule has 8 nitrogen and oxygen atoms in total. The van der Waals surface area contributed by atoms with E-state index in [1.807, 2.05) is 38.1 Å². The molecule has 3 aromatic carbocycles. The van der Waals surface area contributed by atoms with Gasteiger partial charge in [-0.3, -0.25) is 9.59 Å². The fourth-order valence-corrected chi connectivity index (χ4v) is 3.92. The predicted molar refractivity (Wildman–Crippen MR) is 146 cm³/mol. The van der Waals surface area contributed by atoms with E-state index in [2.05, 4.69) is 26.6 Å². The van der Waals surface area contributed by atoms with Crippen LogP contribution in [0.4, 0.5) is 11.4 Å². The largest absolute Gasteiger partial charge is 0.508 e. The van der Waals surface area contributed by atoms with Crippen LogP contribution >= 0.6 is 15.9 Å². The average molecular weight is 564 g/mol. The van der Waals surface area contributed by atoms with Gasteiger partial charge in [-0.2, -0.15) is 5.26 Å². The Morgan fingerprint density at radius 1 is 1.08 bits per heavy atom. The molecule has 0 fully saturated rings. The van der Waals surface area contributed by atoms with Crippen LogP contribution in [-0.2, 0) is 9.59 Å². The highest BCUT2D eigenvalue weighted by Crippen LogP contribution is 2.37. The first kappa shape index (κ1) is 27.3. The Bertz CT molecular complexity index is 1380. The van der Waals surface area contributed by atoms with Crippen LogP contribution in [-0.4, -0.2) is 30.1 Å². The highest BCUT2D eigenvalue weighted by Gasteiger charge is 2.16. The Morgan fingerprint density at radius 3 is 2.49 bits per heavy atom. The number of anilines is 2. The lowest BCUT2D eigenvalue weighted by Gasteiger charge is -2.15. The van der Waals surface area contributed by atoms with Gasteiger partial charge < -0.3 is 25.2 Å². The van der Waals surface area contributed by atoms with Crippen molar-refractivity contribution in [2.24, 2.45) is 0 Å². The Kier molecular flexibility index (Phi) is 9.30. The molecule has 2 amide bonds. The number of benzene rings is 3. The van der Waals surface area contributed by atoms with Gasteiger partial charge in [-0.1, -0.05) is 12.1 Å². The molecule has 0 saturated heterocycles. The number of nitriles is 1. The number of carbonyl (C=O) groups excluding carboxylic acids is 2. The number of carbonyl (C=O) groups is 2. The van der Waals surface area contributed by atoms with E-state index in [1.54, 1.807) is 19.1 Å². The molecular weight excluding hydrogens is 538 g/mol. The number of ether oxygens (including phenoxy) is 2. The van der Waals surface area contributed by atoms with Crippen LogP contribution in [0.3, 0.4) is 0 Å². The molecule has 0 saturated carbocycles. The quantitative estimate of drug-likeness (QED) is 0.173. The summed E-state index contributed by atoms with van der Waals surface area (Å²) >= 11 is 3.44. The number of nitrogens with one attached hydrogen (secondary N) is 2. The number of phenolic OH excluding ortho intramolecular Hbond substituents is 1. The molecule has 0 aromatic heterocycles. The molecule has 37 heavy (non-hydrogen) atoms. The molecule has 0 aliphatic heterocycles. The van der Waals surface area contributed by atoms with E-state index < -0.39 is 5.91 Å². The molecule has 0 bridgehead atoms. The number of aryl methyl sites for hydroxylation is 1. The molecule has 0 aliphatic carbocycles. The zero-order valence-electron chi connectivity index (χ0n) is 20.6. The van der Waals surface area contributed by atoms with Gasteiger partial charge in [0.2, 0.25) is 0 Å². The van der Waals surface area contributed by atoms with Gasteiger partial charge in [0, 0.05) is 11.4 Å². The maximum atomic E-state index is 12.6. The highest BCUT2D eigenvalue weighted by atomic mass is 79.9. The summed E-state index contributed by atoms with van der Waals surface area (Å²) in [5.74, 6) is -0.205. The molecule has 0 aliphatic rings. The van der Waals surface area contributed by atoms with Crippen molar-refractivity contribution in [1.82, 2.24) is 0 Å². The van der Waals surface area contributed by atoms with E-state index in [1.165, 1.54) is 30.3 Å². The van der Waals surface area contributed by atoms with Crippen LogP contribution < -0.4 is 20.1 Å². The van der Waals surface area contributed by atoms with Gasteiger partial charge in [0.1, 0.15) is 17.4 Å². The van der Waals surface area contributed by atoms with E-state index in [0.717, 1.165) is 11.1 Å². The molecule has 0 unspecified atom stereocenters. The van der Waals surface area contributed by atoms with Crippen molar-refractivity contribution in [3.8, 4) is 23.3 Å². The smallest absolute Gasteiger partial charge is 0.266 e. The average Bonchev–Trinajstić information content (AvgIpc) is 2.86. The van der Waals surface area contributed by atoms with Crippen molar-refractivity contribution >= 4 is 45.2 Å². The summed E-state index contributed by atoms with van der Waals surface area (Å²) in [6.45, 7) is 5.79. The molecule has 0 heterocycles. The number of amides is 2. The summed E-state index contributed by atoms with van der Waals surface area (Å²) < 4.78 is 12.0. The summed E-state index contributed by atoms with van der Waals surface area (Å²) in [6, 6.07) is 16.7. The lowest BCUT2D eigenvalue weighted by Crippen LogP contribution is -2.21. The third-order valence-electron chi connectivity index (χ3n) is 5.36. The molecule has 0 radical (unpaired) electrons. The first-order chi connectivity index (χ1) is 17.7. The second-order valence-electron chi connectivity index (χ2n) is 8.02. The number of hydrogen-bond acceptors (Lipinski definition) is 6. The normalized spacial score (nSPS) is 10.8. The Morgan fingerprint density at radius 2 is 1.81 bits per heavy atom. The van der Waals surface area contributed by atoms with Crippen LogP contribution in [0.15, 0.2) is 64.6 Å². The van der Waals surface area contributed by atoms with Crippen molar-refractivity contribution in [2.45, 2.75) is 20.8 Å². The molecule has 190 valence electrons. The fourth-order valence-electron chi connectivity index (χ4n) is 3.34. The minimum absolute atomic E-state index is 0.0624. The van der Waals surface area contributed by atoms with Gasteiger partial charge in [-0.25, -0.2) is 0 Å². The van der Waals surface area contributed by atoms with Crippen LogP contribution in [0.25, 0.3) is 6.08 Å². The zero-order chi connectivity index (χ0) is 26.9. The Hall–Kier alpha value is -4.29. The number of nitrogens with zero attached hydrogens (tertiary/aromatic N) is 1. The second-order valence-corrected chi connectivity index (χ2v) is 8.87. The zero-order valence-corrected chi connectivity index (χ0v) is 22.2. The molecule has 3 aromatic rings.